The lowest BCUT2D eigenvalue weighted by Crippen LogP contribution is -2.25. The number of rotatable bonds is 8. The SMILES string of the molecule is CCCC(CN)C(=O)Cc1ccn(C(C)CC)n1. The molecule has 1 aromatic heterocycles. The zero-order valence-corrected chi connectivity index (χ0v) is 11.7. The van der Waals surface area contributed by atoms with Crippen molar-refractivity contribution in [1.29, 1.82) is 0 Å². The minimum absolute atomic E-state index is 0.0104. The molecule has 2 atom stereocenters. The Kier molecular flexibility index (Phi) is 6.05. The van der Waals surface area contributed by atoms with Crippen molar-refractivity contribution in [2.45, 2.75) is 52.5 Å². The molecule has 1 heterocycles. The third-order valence-corrected chi connectivity index (χ3v) is 3.44. The summed E-state index contributed by atoms with van der Waals surface area (Å²) in [5, 5.41) is 4.45. The molecule has 18 heavy (non-hydrogen) atoms. The molecule has 1 aromatic rings. The number of nitrogens with two attached hydrogens (primary N) is 1. The molecule has 0 aliphatic heterocycles. The van der Waals surface area contributed by atoms with Crippen molar-refractivity contribution in [2.24, 2.45) is 11.7 Å². The van der Waals surface area contributed by atoms with Gasteiger partial charge < -0.3 is 5.73 Å². The number of nitrogens with zero attached hydrogens (tertiary/aromatic N) is 2. The van der Waals surface area contributed by atoms with E-state index < -0.39 is 0 Å². The lowest BCUT2D eigenvalue weighted by Gasteiger charge is -2.11. The molecule has 0 spiro atoms. The van der Waals surface area contributed by atoms with Crippen LogP contribution in [-0.2, 0) is 11.2 Å². The molecular weight excluding hydrogens is 226 g/mol. The van der Waals surface area contributed by atoms with Gasteiger partial charge in [0.15, 0.2) is 0 Å². The number of hydrogen-bond acceptors (Lipinski definition) is 3. The number of carbonyl (C=O) groups excluding carboxylic acids is 1. The van der Waals surface area contributed by atoms with E-state index in [-0.39, 0.29) is 11.7 Å². The van der Waals surface area contributed by atoms with Crippen LogP contribution in [0.25, 0.3) is 0 Å². The van der Waals surface area contributed by atoms with Crippen molar-refractivity contribution in [1.82, 2.24) is 9.78 Å². The van der Waals surface area contributed by atoms with Gasteiger partial charge in [0, 0.05) is 24.7 Å². The summed E-state index contributed by atoms with van der Waals surface area (Å²) in [6.45, 7) is 6.77. The first-order valence-electron chi connectivity index (χ1n) is 6.89. The van der Waals surface area contributed by atoms with Crippen LogP contribution in [0.2, 0.25) is 0 Å². The van der Waals surface area contributed by atoms with Crippen LogP contribution in [0.15, 0.2) is 12.3 Å². The summed E-state index contributed by atoms with van der Waals surface area (Å²) in [4.78, 5) is 12.1. The van der Waals surface area contributed by atoms with Crippen molar-refractivity contribution < 1.29 is 4.79 Å². The Labute approximate surface area is 110 Å². The maximum atomic E-state index is 12.1. The summed E-state index contributed by atoms with van der Waals surface area (Å²) in [5.41, 5.74) is 6.50. The van der Waals surface area contributed by atoms with E-state index in [1.54, 1.807) is 0 Å². The van der Waals surface area contributed by atoms with Crippen molar-refractivity contribution in [3.63, 3.8) is 0 Å². The minimum atomic E-state index is -0.0104. The summed E-state index contributed by atoms with van der Waals surface area (Å²) in [6.07, 6.45) is 5.27. The zero-order valence-electron chi connectivity index (χ0n) is 11.7. The fraction of sp³-hybridized carbons (Fsp3) is 0.714. The number of carbonyl (C=O) groups is 1. The molecule has 0 amide bonds. The molecule has 102 valence electrons. The first-order chi connectivity index (χ1) is 8.62. The smallest absolute Gasteiger partial charge is 0.143 e. The van der Waals surface area contributed by atoms with Crippen LogP contribution in [0, 0.1) is 5.92 Å². The van der Waals surface area contributed by atoms with Gasteiger partial charge in [0.2, 0.25) is 0 Å². The molecule has 0 fully saturated rings. The van der Waals surface area contributed by atoms with Gasteiger partial charge in [-0.15, -0.1) is 0 Å². The van der Waals surface area contributed by atoms with Crippen LogP contribution in [0.3, 0.4) is 0 Å². The molecule has 0 saturated carbocycles. The third kappa shape index (κ3) is 3.95. The normalized spacial score (nSPS) is 14.4. The molecule has 0 aromatic carbocycles. The van der Waals surface area contributed by atoms with Crippen molar-refractivity contribution in [2.75, 3.05) is 6.54 Å². The Balaban J connectivity index is 2.61. The fourth-order valence-electron chi connectivity index (χ4n) is 1.99. The molecule has 4 nitrogen and oxygen atoms in total. The second-order valence-corrected chi connectivity index (χ2v) is 4.91. The average molecular weight is 251 g/mol. The van der Waals surface area contributed by atoms with Gasteiger partial charge in [0.1, 0.15) is 5.78 Å². The molecule has 0 bridgehead atoms. The second kappa shape index (κ2) is 7.31. The molecule has 0 radical (unpaired) electrons. The molecule has 0 saturated heterocycles. The molecular formula is C14H25N3O. The van der Waals surface area contributed by atoms with Gasteiger partial charge in [0.25, 0.3) is 0 Å². The molecule has 1 rings (SSSR count). The molecule has 4 heteroatoms. The summed E-state index contributed by atoms with van der Waals surface area (Å²) < 4.78 is 1.93. The number of Topliss-reactive ketones (excluding diaryl/α,β-unsaturated/α-hetero) is 1. The predicted octanol–water partition coefficient (Wildman–Crippen LogP) is 2.34. The van der Waals surface area contributed by atoms with Crippen LogP contribution in [0.4, 0.5) is 0 Å². The largest absolute Gasteiger partial charge is 0.330 e. The molecule has 2 unspecified atom stereocenters. The van der Waals surface area contributed by atoms with Gasteiger partial charge in [-0.25, -0.2) is 0 Å². The predicted molar refractivity (Wildman–Crippen MR) is 73.4 cm³/mol. The van der Waals surface area contributed by atoms with E-state index in [0.717, 1.165) is 25.0 Å². The summed E-state index contributed by atoms with van der Waals surface area (Å²) in [6, 6.07) is 2.32. The number of ketones is 1. The van der Waals surface area contributed by atoms with Crippen LogP contribution in [0.5, 0.6) is 0 Å². The van der Waals surface area contributed by atoms with Gasteiger partial charge >= 0.3 is 0 Å². The average Bonchev–Trinajstić information content (AvgIpc) is 2.83. The summed E-state index contributed by atoms with van der Waals surface area (Å²) >= 11 is 0. The Morgan fingerprint density at radius 3 is 2.78 bits per heavy atom. The van der Waals surface area contributed by atoms with Gasteiger partial charge in [-0.3, -0.25) is 9.48 Å². The van der Waals surface area contributed by atoms with E-state index in [1.807, 2.05) is 16.9 Å². The fourth-order valence-corrected chi connectivity index (χ4v) is 1.99. The zero-order chi connectivity index (χ0) is 13.5. The van der Waals surface area contributed by atoms with E-state index in [4.69, 9.17) is 5.73 Å². The van der Waals surface area contributed by atoms with Gasteiger partial charge in [-0.05, 0) is 25.8 Å². The first-order valence-corrected chi connectivity index (χ1v) is 6.89. The van der Waals surface area contributed by atoms with Crippen molar-refractivity contribution >= 4 is 5.78 Å². The van der Waals surface area contributed by atoms with Crippen LogP contribution in [-0.4, -0.2) is 22.1 Å². The lowest BCUT2D eigenvalue weighted by atomic mass is 9.96. The lowest BCUT2D eigenvalue weighted by molar-refractivity contribution is -0.122. The van der Waals surface area contributed by atoms with Crippen LogP contribution < -0.4 is 5.73 Å². The topological polar surface area (TPSA) is 60.9 Å². The van der Waals surface area contributed by atoms with E-state index in [0.29, 0.717) is 19.0 Å². The monoisotopic (exact) mass is 251 g/mol. The minimum Gasteiger partial charge on any atom is -0.330 e. The van der Waals surface area contributed by atoms with Gasteiger partial charge in [-0.2, -0.15) is 5.10 Å². The first kappa shape index (κ1) is 14.9. The van der Waals surface area contributed by atoms with Crippen molar-refractivity contribution in [3.05, 3.63) is 18.0 Å². The highest BCUT2D eigenvalue weighted by Crippen LogP contribution is 2.12. The molecule has 0 aliphatic carbocycles. The number of aromatic nitrogens is 2. The quantitative estimate of drug-likeness (QED) is 0.771. The maximum absolute atomic E-state index is 12.1. The Morgan fingerprint density at radius 2 is 2.22 bits per heavy atom. The van der Waals surface area contributed by atoms with Gasteiger partial charge in [0.05, 0.1) is 12.1 Å². The third-order valence-electron chi connectivity index (χ3n) is 3.44. The van der Waals surface area contributed by atoms with Crippen LogP contribution in [0.1, 0.15) is 51.8 Å². The summed E-state index contributed by atoms with van der Waals surface area (Å²) in [7, 11) is 0. The standard InChI is InChI=1S/C14H25N3O/c1-4-6-12(10-15)14(18)9-13-7-8-17(16-13)11(3)5-2/h7-8,11-12H,4-6,9-10,15H2,1-3H3. The molecule has 0 aliphatic rings. The Bertz CT molecular complexity index is 373. The van der Waals surface area contributed by atoms with Crippen molar-refractivity contribution in [3.8, 4) is 0 Å². The van der Waals surface area contributed by atoms with E-state index in [9.17, 15) is 4.79 Å². The highest BCUT2D eigenvalue weighted by molar-refractivity contribution is 5.83. The summed E-state index contributed by atoms with van der Waals surface area (Å²) in [5.74, 6) is 0.206. The Morgan fingerprint density at radius 1 is 1.50 bits per heavy atom. The molecule has 2 N–H and O–H groups in total. The van der Waals surface area contributed by atoms with Gasteiger partial charge in [-0.1, -0.05) is 20.3 Å². The highest BCUT2D eigenvalue weighted by Gasteiger charge is 2.17. The van der Waals surface area contributed by atoms with E-state index in [2.05, 4.69) is 25.9 Å². The van der Waals surface area contributed by atoms with Crippen LogP contribution >= 0.6 is 0 Å². The van der Waals surface area contributed by atoms with E-state index in [1.165, 1.54) is 0 Å². The number of hydrogen-bond donors (Lipinski definition) is 1. The maximum Gasteiger partial charge on any atom is 0.143 e. The van der Waals surface area contributed by atoms with E-state index >= 15 is 0 Å². The Hall–Kier alpha value is -1.16. The highest BCUT2D eigenvalue weighted by atomic mass is 16.1. The second-order valence-electron chi connectivity index (χ2n) is 4.91.